The predicted molar refractivity (Wildman–Crippen MR) is 91.4 cm³/mol. The first-order valence-electron chi connectivity index (χ1n) is 8.28. The number of carbonyl (C=O) groups excluding carboxylic acids is 2. The van der Waals surface area contributed by atoms with Crippen LogP contribution in [-0.2, 0) is 19.1 Å². The molecule has 0 bridgehead atoms. The highest BCUT2D eigenvalue weighted by Gasteiger charge is 2.38. The molecule has 0 saturated carbocycles. The number of allylic oxidation sites excluding steroid dienone is 2. The Morgan fingerprint density at radius 2 is 2.08 bits per heavy atom. The molecule has 2 aliphatic rings. The third kappa shape index (κ3) is 4.90. The number of carbonyl (C=O) groups is 2. The van der Waals surface area contributed by atoms with Gasteiger partial charge in [0.15, 0.2) is 0 Å². The van der Waals surface area contributed by atoms with E-state index in [4.69, 9.17) is 14.6 Å². The van der Waals surface area contributed by atoms with Crippen LogP contribution in [0, 0.1) is 5.92 Å². The van der Waals surface area contributed by atoms with E-state index in [1.165, 1.54) is 0 Å². The molecular formula is C19H24O6. The molecule has 0 radical (unpaired) electrons. The molecule has 0 aromatic rings. The summed E-state index contributed by atoms with van der Waals surface area (Å²) in [6.45, 7) is 6.82. The maximum absolute atomic E-state index is 11.8. The lowest BCUT2D eigenvalue weighted by molar-refractivity contribution is -0.139. The van der Waals surface area contributed by atoms with E-state index in [0.29, 0.717) is 31.3 Å². The molecule has 2 atom stereocenters. The van der Waals surface area contributed by atoms with Gasteiger partial charge in [0.1, 0.15) is 12.7 Å². The van der Waals surface area contributed by atoms with Crippen molar-refractivity contribution in [2.75, 3.05) is 19.8 Å². The van der Waals surface area contributed by atoms with Gasteiger partial charge in [-0.2, -0.15) is 0 Å². The summed E-state index contributed by atoms with van der Waals surface area (Å²) in [5, 5.41) is 18.4. The van der Waals surface area contributed by atoms with Gasteiger partial charge in [0.25, 0.3) is 0 Å². The fourth-order valence-corrected chi connectivity index (χ4v) is 2.93. The summed E-state index contributed by atoms with van der Waals surface area (Å²) in [5.74, 6) is -1.18. The SMILES string of the molecule is C=C(CO)C(=O)OC/C1=C\C[C@@H]2C(=C)C(=O)O[C@H]2CC(CO)=CCC1. The van der Waals surface area contributed by atoms with Gasteiger partial charge in [-0.15, -0.1) is 0 Å². The molecule has 6 heteroatoms. The van der Waals surface area contributed by atoms with Crippen LogP contribution in [0.1, 0.15) is 25.7 Å². The van der Waals surface area contributed by atoms with Crippen molar-refractivity contribution in [3.63, 3.8) is 0 Å². The van der Waals surface area contributed by atoms with Crippen LogP contribution < -0.4 is 0 Å². The van der Waals surface area contributed by atoms with Crippen LogP contribution >= 0.6 is 0 Å². The Bertz CT molecular complexity index is 628. The van der Waals surface area contributed by atoms with Crippen LogP contribution in [-0.4, -0.2) is 48.1 Å². The Hall–Kier alpha value is -2.18. The first kappa shape index (κ1) is 19.1. The molecule has 1 fully saturated rings. The Kier molecular flexibility index (Phi) is 6.73. The Balaban J connectivity index is 2.12. The Labute approximate surface area is 147 Å². The zero-order valence-corrected chi connectivity index (χ0v) is 14.2. The van der Waals surface area contributed by atoms with Gasteiger partial charge in [0.05, 0.1) is 18.8 Å². The summed E-state index contributed by atoms with van der Waals surface area (Å²) in [6, 6.07) is 0. The number of hydrogen-bond acceptors (Lipinski definition) is 6. The second-order valence-corrected chi connectivity index (χ2v) is 6.27. The fraction of sp³-hybridized carbons (Fsp3) is 0.474. The van der Waals surface area contributed by atoms with E-state index in [2.05, 4.69) is 13.2 Å². The van der Waals surface area contributed by atoms with Crippen molar-refractivity contribution >= 4 is 11.9 Å². The van der Waals surface area contributed by atoms with Gasteiger partial charge in [-0.05, 0) is 30.4 Å². The van der Waals surface area contributed by atoms with Crippen LogP contribution in [0.25, 0.3) is 0 Å². The molecule has 1 heterocycles. The molecule has 0 unspecified atom stereocenters. The lowest BCUT2D eigenvalue weighted by Crippen LogP contribution is -2.19. The summed E-state index contributed by atoms with van der Waals surface area (Å²) in [4.78, 5) is 23.4. The minimum Gasteiger partial charge on any atom is -0.458 e. The van der Waals surface area contributed by atoms with Crippen LogP contribution in [0.2, 0.25) is 0 Å². The summed E-state index contributed by atoms with van der Waals surface area (Å²) >= 11 is 0. The average molecular weight is 348 g/mol. The molecule has 0 aromatic heterocycles. The number of rotatable bonds is 5. The van der Waals surface area contributed by atoms with Crippen LogP contribution in [0.3, 0.4) is 0 Å². The highest BCUT2D eigenvalue weighted by molar-refractivity contribution is 5.91. The third-order valence-electron chi connectivity index (χ3n) is 4.51. The van der Waals surface area contributed by atoms with E-state index in [1.54, 1.807) is 0 Å². The highest BCUT2D eigenvalue weighted by atomic mass is 16.6. The largest absolute Gasteiger partial charge is 0.458 e. The normalized spacial score (nSPS) is 26.0. The molecule has 2 rings (SSSR count). The number of fused-ring (bicyclic) bond motifs is 1. The molecule has 136 valence electrons. The van der Waals surface area contributed by atoms with Crippen molar-refractivity contribution < 1.29 is 29.3 Å². The van der Waals surface area contributed by atoms with Crippen molar-refractivity contribution in [2.24, 2.45) is 5.92 Å². The first-order valence-corrected chi connectivity index (χ1v) is 8.28. The van der Waals surface area contributed by atoms with E-state index in [9.17, 15) is 14.7 Å². The summed E-state index contributed by atoms with van der Waals surface area (Å²) in [7, 11) is 0. The second kappa shape index (κ2) is 8.78. The third-order valence-corrected chi connectivity index (χ3v) is 4.51. The lowest BCUT2D eigenvalue weighted by atomic mass is 9.87. The molecule has 2 N–H and O–H groups in total. The van der Waals surface area contributed by atoms with Gasteiger partial charge >= 0.3 is 11.9 Å². The average Bonchev–Trinajstić information content (AvgIpc) is 2.88. The standard InChI is InChI=1S/C19H24O6/c1-12(9-20)18(22)24-11-14-4-3-5-15(10-21)8-17-16(7-6-14)13(2)19(23)25-17/h5-6,16-17,20-21H,1-4,7-11H2/b14-6-,15-5?/t16-,17+/m1/s1. The zero-order chi connectivity index (χ0) is 18.4. The molecule has 0 spiro atoms. The van der Waals surface area contributed by atoms with E-state index in [-0.39, 0.29) is 30.8 Å². The Morgan fingerprint density at radius 1 is 1.32 bits per heavy atom. The number of aliphatic hydroxyl groups excluding tert-OH is 2. The van der Waals surface area contributed by atoms with Crippen molar-refractivity contribution in [3.05, 3.63) is 47.6 Å². The molecule has 0 aromatic carbocycles. The predicted octanol–water partition coefficient (Wildman–Crippen LogP) is 1.59. The molecule has 1 aliphatic carbocycles. The number of hydrogen-bond donors (Lipinski definition) is 2. The van der Waals surface area contributed by atoms with E-state index >= 15 is 0 Å². The molecule has 0 amide bonds. The molecule has 6 nitrogen and oxygen atoms in total. The highest BCUT2D eigenvalue weighted by Crippen LogP contribution is 2.34. The van der Waals surface area contributed by atoms with Crippen LogP contribution in [0.5, 0.6) is 0 Å². The maximum atomic E-state index is 11.8. The van der Waals surface area contributed by atoms with Gasteiger partial charge in [0, 0.05) is 17.9 Å². The number of ether oxygens (including phenoxy) is 2. The van der Waals surface area contributed by atoms with Gasteiger partial charge in [-0.25, -0.2) is 9.59 Å². The first-order chi connectivity index (χ1) is 12.0. The van der Waals surface area contributed by atoms with Crippen molar-refractivity contribution in [1.29, 1.82) is 0 Å². The van der Waals surface area contributed by atoms with Crippen molar-refractivity contribution in [1.82, 2.24) is 0 Å². The van der Waals surface area contributed by atoms with E-state index in [1.807, 2.05) is 12.2 Å². The number of esters is 2. The lowest BCUT2D eigenvalue weighted by Gasteiger charge is -2.19. The summed E-state index contributed by atoms with van der Waals surface area (Å²) in [6.07, 6.45) is 5.97. The quantitative estimate of drug-likeness (QED) is 0.445. The molecule has 1 saturated heterocycles. The van der Waals surface area contributed by atoms with Crippen molar-refractivity contribution in [2.45, 2.75) is 31.8 Å². The smallest absolute Gasteiger partial charge is 0.336 e. The van der Waals surface area contributed by atoms with Crippen LogP contribution in [0.15, 0.2) is 47.6 Å². The minimum atomic E-state index is -0.631. The second-order valence-electron chi connectivity index (χ2n) is 6.27. The van der Waals surface area contributed by atoms with E-state index in [0.717, 1.165) is 11.1 Å². The Morgan fingerprint density at radius 3 is 2.76 bits per heavy atom. The van der Waals surface area contributed by atoms with Crippen LogP contribution in [0.4, 0.5) is 0 Å². The van der Waals surface area contributed by atoms with Gasteiger partial charge in [-0.3, -0.25) is 0 Å². The molecule has 25 heavy (non-hydrogen) atoms. The maximum Gasteiger partial charge on any atom is 0.336 e. The van der Waals surface area contributed by atoms with E-state index < -0.39 is 18.5 Å². The molecule has 1 aliphatic heterocycles. The number of aliphatic hydroxyl groups is 2. The summed E-state index contributed by atoms with van der Waals surface area (Å²) < 4.78 is 10.5. The fourth-order valence-electron chi connectivity index (χ4n) is 2.93. The minimum absolute atomic E-state index is 0.00570. The van der Waals surface area contributed by atoms with Gasteiger partial charge in [0.2, 0.25) is 0 Å². The molecular weight excluding hydrogens is 324 g/mol. The zero-order valence-electron chi connectivity index (χ0n) is 14.2. The monoisotopic (exact) mass is 348 g/mol. The van der Waals surface area contributed by atoms with Gasteiger partial charge < -0.3 is 19.7 Å². The van der Waals surface area contributed by atoms with Crippen molar-refractivity contribution in [3.8, 4) is 0 Å². The topological polar surface area (TPSA) is 93.1 Å². The summed E-state index contributed by atoms with van der Waals surface area (Å²) in [5.41, 5.74) is 2.17. The van der Waals surface area contributed by atoms with Gasteiger partial charge in [-0.1, -0.05) is 25.3 Å².